The number of carbonyl (C=O) groups excluding carboxylic acids is 4. The highest BCUT2D eigenvalue weighted by atomic mass is 19.1. The van der Waals surface area contributed by atoms with Gasteiger partial charge in [0.25, 0.3) is 5.91 Å². The number of allylic oxidation sites excluding steroid dienone is 1. The number of amides is 2. The van der Waals surface area contributed by atoms with Crippen LogP contribution in [0.15, 0.2) is 22.7 Å². The van der Waals surface area contributed by atoms with Crippen LogP contribution in [-0.4, -0.2) is 99.0 Å². The Labute approximate surface area is 234 Å². The summed E-state index contributed by atoms with van der Waals surface area (Å²) in [5.41, 5.74) is 0.454. The quantitative estimate of drug-likeness (QED) is 0.213. The van der Waals surface area contributed by atoms with Gasteiger partial charge in [-0.2, -0.15) is 0 Å². The molecular weight excluding hydrogens is 539 g/mol. The maximum Gasteiger partial charge on any atom is 0.255 e. The van der Waals surface area contributed by atoms with Gasteiger partial charge in [0.1, 0.15) is 22.9 Å². The molecule has 1 aromatic rings. The lowest BCUT2D eigenvalue weighted by Gasteiger charge is -2.50. The predicted octanol–water partition coefficient (Wildman–Crippen LogP) is 0.465. The Kier molecular flexibility index (Phi) is 6.75. The molecule has 0 fully saturated rings. The van der Waals surface area contributed by atoms with Crippen LogP contribution in [0.3, 0.4) is 0 Å². The molecule has 5 rings (SSSR count). The highest BCUT2D eigenvalue weighted by Gasteiger charge is 2.63. The van der Waals surface area contributed by atoms with E-state index in [1.165, 1.54) is 19.0 Å². The molecule has 2 amide bonds. The third-order valence-corrected chi connectivity index (χ3v) is 8.98. The molecule has 41 heavy (non-hydrogen) atoms. The number of hydrogen-bond acceptors (Lipinski definition) is 10. The summed E-state index contributed by atoms with van der Waals surface area (Å²) in [6, 6.07) is -1.84. The van der Waals surface area contributed by atoms with E-state index in [4.69, 9.17) is 5.73 Å². The number of rotatable bonds is 5. The van der Waals surface area contributed by atoms with Gasteiger partial charge in [0.2, 0.25) is 11.7 Å². The number of aromatic hydroxyl groups is 1. The minimum absolute atomic E-state index is 0.0364. The first kappa shape index (κ1) is 28.7. The van der Waals surface area contributed by atoms with Crippen molar-refractivity contribution >= 4 is 29.1 Å². The molecule has 0 saturated carbocycles. The van der Waals surface area contributed by atoms with Crippen molar-refractivity contribution in [3.8, 4) is 5.75 Å². The second-order valence-electron chi connectivity index (χ2n) is 11.5. The van der Waals surface area contributed by atoms with Crippen LogP contribution >= 0.6 is 0 Å². The Morgan fingerprint density at radius 1 is 1.12 bits per heavy atom. The van der Waals surface area contributed by atoms with Gasteiger partial charge in [-0.1, -0.05) is 6.92 Å². The first-order chi connectivity index (χ1) is 19.2. The molecule has 1 heterocycles. The van der Waals surface area contributed by atoms with E-state index in [9.17, 15) is 39.6 Å². The number of benzene rings is 1. The average Bonchev–Trinajstić information content (AvgIpc) is 2.88. The van der Waals surface area contributed by atoms with E-state index in [1.807, 2.05) is 6.92 Å². The smallest absolute Gasteiger partial charge is 0.255 e. The summed E-state index contributed by atoms with van der Waals surface area (Å²) in [7, 11) is 4.79. The van der Waals surface area contributed by atoms with Crippen molar-refractivity contribution in [3.63, 3.8) is 0 Å². The van der Waals surface area contributed by atoms with Crippen LogP contribution in [0.5, 0.6) is 5.75 Å². The van der Waals surface area contributed by atoms with Crippen molar-refractivity contribution in [2.75, 3.05) is 33.0 Å². The summed E-state index contributed by atoms with van der Waals surface area (Å²) in [5.74, 6) is -9.45. The maximum atomic E-state index is 16.2. The molecule has 0 spiro atoms. The average molecular weight is 573 g/mol. The van der Waals surface area contributed by atoms with Gasteiger partial charge in [-0.25, -0.2) is 4.39 Å². The van der Waals surface area contributed by atoms with Gasteiger partial charge in [0.15, 0.2) is 17.1 Å². The minimum atomic E-state index is -2.79. The number of phenols is 1. The molecule has 220 valence electrons. The number of nitrogens with two attached hydrogens (primary N) is 1. The topological polar surface area (TPSA) is 194 Å². The second-order valence-corrected chi connectivity index (χ2v) is 11.5. The van der Waals surface area contributed by atoms with Gasteiger partial charge in [-0.15, -0.1) is 0 Å². The molecule has 1 aromatic carbocycles. The number of ketones is 2. The normalized spacial score (nSPS) is 29.3. The van der Waals surface area contributed by atoms with E-state index in [0.29, 0.717) is 6.54 Å². The molecule has 0 aromatic heterocycles. The molecule has 0 saturated heterocycles. The number of aliphatic hydroxyl groups is 3. The molecule has 1 unspecified atom stereocenters. The van der Waals surface area contributed by atoms with Gasteiger partial charge in [-0.05, 0) is 52.9 Å². The highest BCUT2D eigenvalue weighted by Crippen LogP contribution is 2.53. The second kappa shape index (κ2) is 9.64. The first-order valence-corrected chi connectivity index (χ1v) is 13.4. The summed E-state index contributed by atoms with van der Waals surface area (Å²) in [6.45, 7) is 2.52. The molecule has 1 aliphatic heterocycles. The molecule has 4 aliphatic rings. The Bertz CT molecular complexity index is 1480. The fourth-order valence-corrected chi connectivity index (χ4v) is 7.08. The van der Waals surface area contributed by atoms with Gasteiger partial charge in [-0.3, -0.25) is 29.0 Å². The van der Waals surface area contributed by atoms with Crippen LogP contribution in [0.2, 0.25) is 0 Å². The van der Waals surface area contributed by atoms with E-state index < -0.39 is 92.7 Å². The summed E-state index contributed by atoms with van der Waals surface area (Å²) < 4.78 is 16.2. The van der Waals surface area contributed by atoms with Gasteiger partial charge < -0.3 is 31.5 Å². The molecule has 0 bridgehead atoms. The van der Waals surface area contributed by atoms with E-state index in [-0.39, 0.29) is 36.1 Å². The Balaban J connectivity index is 1.67. The van der Waals surface area contributed by atoms with E-state index in [0.717, 1.165) is 6.42 Å². The van der Waals surface area contributed by atoms with Crippen molar-refractivity contribution in [2.45, 2.75) is 50.3 Å². The number of primary amides is 1. The minimum Gasteiger partial charge on any atom is -0.510 e. The maximum absolute atomic E-state index is 16.2. The zero-order valence-electron chi connectivity index (χ0n) is 23.1. The van der Waals surface area contributed by atoms with Crippen LogP contribution in [0, 0.1) is 17.7 Å². The first-order valence-electron chi connectivity index (χ1n) is 13.4. The Hall–Kier alpha value is -3.81. The van der Waals surface area contributed by atoms with Crippen LogP contribution in [0.25, 0.3) is 0 Å². The lowest BCUT2D eigenvalue weighted by atomic mass is 9.58. The number of Topliss-reactive ketones (excluding diaryl/α,β-unsaturated/α-hetero) is 2. The van der Waals surface area contributed by atoms with E-state index in [2.05, 4.69) is 5.32 Å². The summed E-state index contributed by atoms with van der Waals surface area (Å²) in [6.07, 6.45) is 0.396. The Morgan fingerprint density at radius 3 is 2.37 bits per heavy atom. The highest BCUT2D eigenvalue weighted by molar-refractivity contribution is 6.25. The number of aliphatic hydroxyl groups excluding tert-OH is 2. The van der Waals surface area contributed by atoms with Crippen LogP contribution in [0.1, 0.15) is 41.3 Å². The molecule has 3 aliphatic carbocycles. The molecule has 7 N–H and O–H groups in total. The number of phenolic OH excluding ortho intramolecular Hbond substituents is 1. The van der Waals surface area contributed by atoms with Crippen molar-refractivity contribution in [2.24, 2.45) is 17.6 Å². The van der Waals surface area contributed by atoms with E-state index in [1.54, 1.807) is 11.9 Å². The Morgan fingerprint density at radius 2 is 1.78 bits per heavy atom. The third kappa shape index (κ3) is 3.82. The number of fused-ring (bicyclic) bond motifs is 4. The van der Waals surface area contributed by atoms with Crippen LogP contribution in [-0.2, 0) is 27.2 Å². The van der Waals surface area contributed by atoms with Crippen LogP contribution in [0.4, 0.5) is 10.1 Å². The number of hydrogen-bond donors (Lipinski definition) is 6. The molecule has 13 heteroatoms. The number of nitrogens with one attached hydrogen (secondary N) is 1. The van der Waals surface area contributed by atoms with E-state index >= 15 is 4.39 Å². The summed E-state index contributed by atoms with van der Waals surface area (Å²) in [5, 5.41) is 47.5. The molecule has 5 atom stereocenters. The van der Waals surface area contributed by atoms with Crippen LogP contribution < -0.4 is 11.1 Å². The van der Waals surface area contributed by atoms with Crippen molar-refractivity contribution < 1.29 is 44.0 Å². The lowest BCUT2D eigenvalue weighted by molar-refractivity contribution is -0.148. The van der Waals surface area contributed by atoms with Crippen molar-refractivity contribution in [1.29, 1.82) is 0 Å². The number of nitrogens with zero attached hydrogens (tertiary/aromatic N) is 2. The molecule has 0 radical (unpaired) electrons. The third-order valence-electron chi connectivity index (χ3n) is 8.98. The zero-order valence-corrected chi connectivity index (χ0v) is 23.1. The lowest BCUT2D eigenvalue weighted by Crippen LogP contribution is -2.63. The van der Waals surface area contributed by atoms with Gasteiger partial charge in [0, 0.05) is 29.0 Å². The van der Waals surface area contributed by atoms with Crippen molar-refractivity contribution in [1.82, 2.24) is 9.80 Å². The number of anilines is 1. The van der Waals surface area contributed by atoms with Gasteiger partial charge >= 0.3 is 0 Å². The number of carbonyl (C=O) groups is 4. The fraction of sp³-hybridized carbons (Fsp3) is 0.500. The zero-order chi connectivity index (χ0) is 30.3. The fourth-order valence-electron chi connectivity index (χ4n) is 7.08. The largest absolute Gasteiger partial charge is 0.510 e. The van der Waals surface area contributed by atoms with Crippen molar-refractivity contribution in [3.05, 3.63) is 45.2 Å². The van der Waals surface area contributed by atoms with Gasteiger partial charge in [0.05, 0.1) is 23.3 Å². The number of halogens is 1. The number of likely N-dealkylation sites (N-methyl/N-ethyl adjacent to an activating group) is 2. The SMILES string of the molecule is CCCN(C)C1Cc2c(F)c3c(c(O)c2NC1=O)C(=O)C1=C(O)[C@]2(O)C(=O)C(C(N)=O)=C(O)[C@H](N(C)C)[C@@H]2C[C@@H]1C3. The predicted molar refractivity (Wildman–Crippen MR) is 143 cm³/mol. The molecular formula is C28H33FN4O8. The molecule has 12 nitrogen and oxygen atoms in total. The monoisotopic (exact) mass is 572 g/mol. The summed E-state index contributed by atoms with van der Waals surface area (Å²) >= 11 is 0. The standard InChI is InChI=1S/C28H33FN4O8/c1-5-6-33(4)14-9-12-18(29)11-7-10-8-13-20(32(2)3)23(36)17(26(30)39)25(38)28(13,41)24(37)15(10)21(34)16(11)22(35)19(12)31-27(14)40/h10,13-14,20,35-37,41H,5-9H2,1-4H3,(H2,30,39)(H,31,40)/t10-,13-,14?,20+,28-/m0/s1. The summed E-state index contributed by atoms with van der Waals surface area (Å²) in [4.78, 5) is 55.4.